The van der Waals surface area contributed by atoms with Gasteiger partial charge in [0.25, 0.3) is 11.9 Å². The van der Waals surface area contributed by atoms with Gasteiger partial charge in [-0.05, 0) is 42.0 Å². The lowest BCUT2D eigenvalue weighted by molar-refractivity contribution is 0.0940. The molecule has 1 aromatic carbocycles. The molecule has 2 aromatic heterocycles. The van der Waals surface area contributed by atoms with E-state index in [0.29, 0.717) is 11.5 Å². The number of nitrogens with zero attached hydrogens (tertiary/aromatic N) is 5. The number of hydrogen-bond acceptors (Lipinski definition) is 7. The Morgan fingerprint density at radius 2 is 2.19 bits per heavy atom. The largest absolute Gasteiger partial charge is 0.354 e. The highest BCUT2D eigenvalue weighted by molar-refractivity contribution is 5.95. The number of benzene rings is 1. The van der Waals surface area contributed by atoms with Crippen molar-refractivity contribution in [2.45, 2.75) is 12.5 Å². The Morgan fingerprint density at radius 1 is 1.23 bits per heavy atom. The monoisotopic (exact) mass is 350 g/mol. The topological polar surface area (TPSA) is 112 Å². The first-order valence-corrected chi connectivity index (χ1v) is 8.35. The summed E-state index contributed by atoms with van der Waals surface area (Å²) < 4.78 is 0. The number of carbonyl (C=O) groups excluding carboxylic acids is 1. The van der Waals surface area contributed by atoms with Gasteiger partial charge in [0, 0.05) is 36.6 Å². The van der Waals surface area contributed by atoms with E-state index < -0.39 is 0 Å². The molecule has 4 rings (SSSR count). The summed E-state index contributed by atoms with van der Waals surface area (Å²) in [6.45, 7) is 1.63. The summed E-state index contributed by atoms with van der Waals surface area (Å²) in [6.07, 6.45) is 2.67. The second-order valence-corrected chi connectivity index (χ2v) is 6.03. The van der Waals surface area contributed by atoms with E-state index in [1.54, 1.807) is 18.3 Å². The van der Waals surface area contributed by atoms with Gasteiger partial charge < -0.3 is 15.5 Å². The van der Waals surface area contributed by atoms with Gasteiger partial charge in [-0.3, -0.25) is 4.79 Å². The number of amides is 1. The number of aromatic nitrogens is 5. The quantitative estimate of drug-likeness (QED) is 0.637. The smallest absolute Gasteiger partial charge is 0.267 e. The van der Waals surface area contributed by atoms with Gasteiger partial charge >= 0.3 is 0 Å². The van der Waals surface area contributed by atoms with Crippen LogP contribution in [0.2, 0.25) is 0 Å². The van der Waals surface area contributed by atoms with Gasteiger partial charge in [0.15, 0.2) is 0 Å². The molecule has 0 aliphatic carbocycles. The van der Waals surface area contributed by atoms with Gasteiger partial charge in [0.1, 0.15) is 5.82 Å². The van der Waals surface area contributed by atoms with Crippen LogP contribution in [0.5, 0.6) is 0 Å². The molecule has 0 bridgehead atoms. The molecule has 0 saturated carbocycles. The fraction of sp³-hybridized carbons (Fsp3) is 0.235. The number of aromatic amines is 1. The van der Waals surface area contributed by atoms with Crippen molar-refractivity contribution in [2.75, 3.05) is 23.3 Å². The van der Waals surface area contributed by atoms with E-state index in [1.165, 1.54) is 0 Å². The van der Waals surface area contributed by atoms with E-state index in [0.717, 1.165) is 31.0 Å². The lowest BCUT2D eigenvalue weighted by Gasteiger charge is -2.17. The van der Waals surface area contributed by atoms with Crippen LogP contribution >= 0.6 is 0 Å². The van der Waals surface area contributed by atoms with Crippen LogP contribution in [0.3, 0.4) is 0 Å². The SMILES string of the molecule is O=C(NC1CCN(c2ccccn2)C1)c1cccc(Nc2nn[nH]n2)c1. The van der Waals surface area contributed by atoms with E-state index in [4.69, 9.17) is 0 Å². The third-order valence-electron chi connectivity index (χ3n) is 4.22. The molecule has 26 heavy (non-hydrogen) atoms. The molecular formula is C17H18N8O. The van der Waals surface area contributed by atoms with Crippen molar-refractivity contribution in [3.63, 3.8) is 0 Å². The molecule has 1 amide bonds. The predicted molar refractivity (Wildman–Crippen MR) is 96.2 cm³/mol. The van der Waals surface area contributed by atoms with Crippen LogP contribution in [-0.2, 0) is 0 Å². The molecule has 9 nitrogen and oxygen atoms in total. The number of pyridine rings is 1. The van der Waals surface area contributed by atoms with Crippen LogP contribution in [0.4, 0.5) is 17.5 Å². The Labute approximate surface area is 149 Å². The van der Waals surface area contributed by atoms with Crippen molar-refractivity contribution in [1.29, 1.82) is 0 Å². The molecule has 3 heterocycles. The highest BCUT2D eigenvalue weighted by Crippen LogP contribution is 2.18. The third-order valence-corrected chi connectivity index (χ3v) is 4.22. The van der Waals surface area contributed by atoms with E-state index in [2.05, 4.69) is 41.1 Å². The number of anilines is 3. The minimum absolute atomic E-state index is 0.0957. The Hall–Kier alpha value is -3.49. The number of nitrogens with one attached hydrogen (secondary N) is 3. The first-order valence-electron chi connectivity index (χ1n) is 8.35. The predicted octanol–water partition coefficient (Wildman–Crippen LogP) is 1.35. The summed E-state index contributed by atoms with van der Waals surface area (Å²) in [5.74, 6) is 1.19. The number of H-pyrrole nitrogens is 1. The van der Waals surface area contributed by atoms with Gasteiger partial charge in [-0.25, -0.2) is 4.98 Å². The van der Waals surface area contributed by atoms with Crippen LogP contribution in [0, 0.1) is 0 Å². The maximum Gasteiger partial charge on any atom is 0.267 e. The van der Waals surface area contributed by atoms with Crippen molar-refractivity contribution in [3.8, 4) is 0 Å². The van der Waals surface area contributed by atoms with Crippen LogP contribution < -0.4 is 15.5 Å². The summed E-state index contributed by atoms with van der Waals surface area (Å²) in [4.78, 5) is 19.1. The molecule has 0 spiro atoms. The second-order valence-electron chi connectivity index (χ2n) is 6.03. The van der Waals surface area contributed by atoms with Crippen LogP contribution in [0.1, 0.15) is 16.8 Å². The maximum atomic E-state index is 12.6. The summed E-state index contributed by atoms with van der Waals surface area (Å²) in [6, 6.07) is 13.1. The van der Waals surface area contributed by atoms with E-state index in [-0.39, 0.29) is 11.9 Å². The maximum absolute atomic E-state index is 12.6. The van der Waals surface area contributed by atoms with Crippen LogP contribution in [0.15, 0.2) is 48.7 Å². The number of hydrogen-bond donors (Lipinski definition) is 3. The molecule has 1 atom stereocenters. The average Bonchev–Trinajstić information content (AvgIpc) is 3.35. The summed E-state index contributed by atoms with van der Waals surface area (Å²) in [5.41, 5.74) is 1.30. The molecule has 3 N–H and O–H groups in total. The van der Waals surface area contributed by atoms with Gasteiger partial charge in [-0.1, -0.05) is 17.2 Å². The molecule has 132 valence electrons. The first-order chi connectivity index (χ1) is 12.8. The lowest BCUT2D eigenvalue weighted by Crippen LogP contribution is -2.37. The van der Waals surface area contributed by atoms with Crippen molar-refractivity contribution in [3.05, 3.63) is 54.2 Å². The second kappa shape index (κ2) is 7.18. The molecular weight excluding hydrogens is 332 g/mol. The zero-order valence-corrected chi connectivity index (χ0v) is 14.0. The van der Waals surface area contributed by atoms with Gasteiger partial charge in [-0.2, -0.15) is 5.21 Å². The summed E-state index contributed by atoms with van der Waals surface area (Å²) >= 11 is 0. The Morgan fingerprint density at radius 3 is 3.00 bits per heavy atom. The van der Waals surface area contributed by atoms with E-state index >= 15 is 0 Å². The molecule has 3 aromatic rings. The summed E-state index contributed by atoms with van der Waals surface area (Å²) in [7, 11) is 0. The normalized spacial score (nSPS) is 16.5. The molecule has 1 aliphatic rings. The lowest BCUT2D eigenvalue weighted by atomic mass is 10.1. The van der Waals surface area contributed by atoms with Crippen molar-refractivity contribution in [1.82, 2.24) is 30.9 Å². The van der Waals surface area contributed by atoms with E-state index in [9.17, 15) is 4.79 Å². The van der Waals surface area contributed by atoms with Crippen LogP contribution in [-0.4, -0.2) is 50.6 Å². The molecule has 1 unspecified atom stereocenters. The highest BCUT2D eigenvalue weighted by atomic mass is 16.1. The standard InChI is InChI=1S/C17H18N8O/c26-16(12-4-3-5-13(10-12)20-17-21-23-24-22-17)19-14-7-9-25(11-14)15-6-1-2-8-18-15/h1-6,8,10,14H,7,9,11H2,(H,19,26)(H2,20,21,22,23,24). The van der Waals surface area contributed by atoms with Gasteiger partial charge in [-0.15, -0.1) is 5.10 Å². The average molecular weight is 350 g/mol. The Kier molecular flexibility index (Phi) is 4.42. The third kappa shape index (κ3) is 3.61. The summed E-state index contributed by atoms with van der Waals surface area (Å²) in [5, 5.41) is 19.6. The van der Waals surface area contributed by atoms with Crippen molar-refractivity contribution >= 4 is 23.4 Å². The number of tetrazole rings is 1. The molecule has 1 fully saturated rings. The Balaban J connectivity index is 1.38. The number of carbonyl (C=O) groups is 1. The highest BCUT2D eigenvalue weighted by Gasteiger charge is 2.25. The fourth-order valence-electron chi connectivity index (χ4n) is 2.98. The van der Waals surface area contributed by atoms with E-state index in [1.807, 2.05) is 30.3 Å². The van der Waals surface area contributed by atoms with Gasteiger partial charge in [0.05, 0.1) is 0 Å². The van der Waals surface area contributed by atoms with Crippen molar-refractivity contribution < 1.29 is 4.79 Å². The zero-order valence-electron chi connectivity index (χ0n) is 14.0. The van der Waals surface area contributed by atoms with Crippen molar-refractivity contribution in [2.24, 2.45) is 0 Å². The molecule has 9 heteroatoms. The number of rotatable bonds is 5. The molecule has 0 radical (unpaired) electrons. The Bertz CT molecular complexity index is 867. The molecule has 1 aliphatic heterocycles. The fourth-order valence-corrected chi connectivity index (χ4v) is 2.98. The zero-order chi connectivity index (χ0) is 17.8. The minimum Gasteiger partial charge on any atom is -0.354 e. The van der Waals surface area contributed by atoms with Crippen LogP contribution in [0.25, 0.3) is 0 Å². The molecule has 1 saturated heterocycles. The van der Waals surface area contributed by atoms with Gasteiger partial charge in [0.2, 0.25) is 0 Å². The first kappa shape index (κ1) is 16.0. The minimum atomic E-state index is -0.102.